The molecule has 0 saturated carbocycles. The van der Waals surface area contributed by atoms with Gasteiger partial charge in [-0.2, -0.15) is 0 Å². The summed E-state index contributed by atoms with van der Waals surface area (Å²) in [5.41, 5.74) is 2.53. The maximum atomic E-state index is 11.8. The van der Waals surface area contributed by atoms with Gasteiger partial charge in [0.25, 0.3) is 0 Å². The van der Waals surface area contributed by atoms with E-state index in [1.165, 1.54) is 0 Å². The summed E-state index contributed by atoms with van der Waals surface area (Å²) in [6.07, 6.45) is 0. The number of Topliss-reactive ketones (excluding diaryl/α,β-unsaturated/α-hetero) is 1. The zero-order valence-corrected chi connectivity index (χ0v) is 8.16. The second-order valence-electron chi connectivity index (χ2n) is 3.47. The maximum Gasteiger partial charge on any atom is 0.351 e. The third-order valence-corrected chi connectivity index (χ3v) is 2.69. The van der Waals surface area contributed by atoms with Crippen LogP contribution in [0.3, 0.4) is 0 Å². The first kappa shape index (κ1) is 8.88. The smallest absolute Gasteiger partial charge is 0.289 e. The lowest BCUT2D eigenvalue weighted by atomic mass is 9.85. The van der Waals surface area contributed by atoms with Crippen molar-refractivity contribution in [1.82, 2.24) is 0 Å². The highest BCUT2D eigenvalue weighted by molar-refractivity contribution is 6.26. The standard InChI is InChI=1S/C12H10O2/c1-7-8(2)12(14)10-6-4-3-5-9(10)11(7)13/h3-6H,1-2H3/p+1. The van der Waals surface area contributed by atoms with E-state index < -0.39 is 0 Å². The van der Waals surface area contributed by atoms with Crippen LogP contribution in [0.1, 0.15) is 29.8 Å². The average Bonchev–Trinajstić information content (AvgIpc) is 2.23. The van der Waals surface area contributed by atoms with Crippen molar-refractivity contribution < 1.29 is 9.59 Å². The number of carbonyl (C=O) groups is 1. The molecule has 0 fully saturated rings. The van der Waals surface area contributed by atoms with Gasteiger partial charge in [0.15, 0.2) is 5.78 Å². The van der Waals surface area contributed by atoms with Gasteiger partial charge in [-0.15, -0.1) is 0 Å². The first-order chi connectivity index (χ1) is 6.63. The van der Waals surface area contributed by atoms with E-state index in [0.717, 1.165) is 0 Å². The molecule has 1 aromatic carbocycles. The normalized spacial score (nSPS) is 15.9. The number of hydrogen-bond donors (Lipinski definition) is 0. The maximum absolute atomic E-state index is 11.8. The second kappa shape index (κ2) is 2.91. The van der Waals surface area contributed by atoms with Crippen LogP contribution in [0.25, 0.3) is 0 Å². The SMILES string of the molecule is CC1=C(C)C(=[OH+])c2ccccc2C1=O. The van der Waals surface area contributed by atoms with Crippen LogP contribution < -0.4 is 0 Å². The van der Waals surface area contributed by atoms with E-state index in [-0.39, 0.29) is 11.6 Å². The summed E-state index contributed by atoms with van der Waals surface area (Å²) >= 11 is 0. The van der Waals surface area contributed by atoms with E-state index in [4.69, 9.17) is 0 Å². The molecular weight excluding hydrogens is 176 g/mol. The predicted molar refractivity (Wildman–Crippen MR) is 55.2 cm³/mol. The van der Waals surface area contributed by atoms with E-state index >= 15 is 0 Å². The van der Waals surface area contributed by atoms with E-state index in [1.807, 2.05) is 6.07 Å². The highest BCUT2D eigenvalue weighted by Crippen LogP contribution is 2.24. The molecule has 2 rings (SSSR count). The molecule has 0 heterocycles. The highest BCUT2D eigenvalue weighted by Gasteiger charge is 2.30. The van der Waals surface area contributed by atoms with Crippen molar-refractivity contribution in [2.24, 2.45) is 0 Å². The largest absolute Gasteiger partial charge is 0.351 e. The fourth-order valence-electron chi connectivity index (χ4n) is 1.64. The van der Waals surface area contributed by atoms with Crippen molar-refractivity contribution >= 4 is 11.6 Å². The van der Waals surface area contributed by atoms with E-state index in [1.54, 1.807) is 32.0 Å². The molecule has 0 aliphatic heterocycles. The minimum atomic E-state index is 0.0101. The van der Waals surface area contributed by atoms with E-state index in [0.29, 0.717) is 22.3 Å². The van der Waals surface area contributed by atoms with Crippen molar-refractivity contribution in [3.05, 3.63) is 46.5 Å². The van der Waals surface area contributed by atoms with Gasteiger partial charge in [0, 0.05) is 11.1 Å². The number of carbonyl (C=O) groups excluding carboxylic acids is 2. The lowest BCUT2D eigenvalue weighted by molar-refractivity contribution is 0.103. The van der Waals surface area contributed by atoms with Crippen LogP contribution >= 0.6 is 0 Å². The molecule has 70 valence electrons. The first-order valence-corrected chi connectivity index (χ1v) is 4.51. The minimum Gasteiger partial charge on any atom is -0.289 e. The Kier molecular flexibility index (Phi) is 1.84. The van der Waals surface area contributed by atoms with Crippen LogP contribution in [0, 0.1) is 0 Å². The zero-order chi connectivity index (χ0) is 10.3. The molecule has 0 spiro atoms. The van der Waals surface area contributed by atoms with Crippen LogP contribution in [0.4, 0.5) is 0 Å². The molecule has 0 unspecified atom stereocenters. The Morgan fingerprint density at radius 2 is 1.57 bits per heavy atom. The Morgan fingerprint density at radius 3 is 2.21 bits per heavy atom. The average molecular weight is 187 g/mol. The molecule has 0 radical (unpaired) electrons. The monoisotopic (exact) mass is 187 g/mol. The van der Waals surface area contributed by atoms with E-state index in [2.05, 4.69) is 0 Å². The first-order valence-electron chi connectivity index (χ1n) is 4.51. The summed E-state index contributed by atoms with van der Waals surface area (Å²) in [4.78, 5) is 21.6. The number of allylic oxidation sites excluding steroid dienone is 2. The van der Waals surface area contributed by atoms with Gasteiger partial charge < -0.3 is 0 Å². The Balaban J connectivity index is 2.73. The summed E-state index contributed by atoms with van der Waals surface area (Å²) in [7, 11) is 0. The van der Waals surface area contributed by atoms with Gasteiger partial charge in [-0.05, 0) is 19.9 Å². The van der Waals surface area contributed by atoms with Crippen LogP contribution in [0.15, 0.2) is 35.4 Å². The molecule has 0 aromatic heterocycles. The quantitative estimate of drug-likeness (QED) is 0.573. The van der Waals surface area contributed by atoms with Gasteiger partial charge >= 0.3 is 5.78 Å². The molecule has 1 aromatic rings. The van der Waals surface area contributed by atoms with Gasteiger partial charge in [0.2, 0.25) is 0 Å². The number of benzene rings is 1. The molecule has 2 heteroatoms. The summed E-state index contributed by atoms with van der Waals surface area (Å²) in [6, 6.07) is 7.12. The summed E-state index contributed by atoms with van der Waals surface area (Å²) < 4.78 is 0. The van der Waals surface area contributed by atoms with Crippen LogP contribution in [-0.2, 0) is 0 Å². The van der Waals surface area contributed by atoms with Crippen molar-refractivity contribution in [3.63, 3.8) is 0 Å². The third-order valence-electron chi connectivity index (χ3n) is 2.69. The molecular formula is C12H11O2+. The van der Waals surface area contributed by atoms with Gasteiger partial charge in [0.1, 0.15) is 0 Å². The van der Waals surface area contributed by atoms with E-state index in [9.17, 15) is 9.59 Å². The molecule has 1 aliphatic rings. The molecule has 1 N–H and O–H groups in total. The molecule has 14 heavy (non-hydrogen) atoms. The zero-order valence-electron chi connectivity index (χ0n) is 8.16. The van der Waals surface area contributed by atoms with Crippen molar-refractivity contribution in [2.45, 2.75) is 13.8 Å². The molecule has 0 amide bonds. The molecule has 0 bridgehead atoms. The summed E-state index contributed by atoms with van der Waals surface area (Å²) in [6.45, 7) is 3.50. The molecule has 1 aliphatic carbocycles. The molecule has 0 atom stereocenters. The van der Waals surface area contributed by atoms with Crippen LogP contribution in [0.5, 0.6) is 0 Å². The number of hydrogen-bond acceptors (Lipinski definition) is 1. The fourth-order valence-corrected chi connectivity index (χ4v) is 1.64. The number of fused-ring (bicyclic) bond motifs is 1. The lowest BCUT2D eigenvalue weighted by Gasteiger charge is -2.12. The topological polar surface area (TPSA) is 38.5 Å². The number of rotatable bonds is 0. The fraction of sp³-hybridized carbons (Fsp3) is 0.167. The van der Waals surface area contributed by atoms with Crippen LogP contribution in [-0.4, -0.2) is 16.4 Å². The summed E-state index contributed by atoms with van der Waals surface area (Å²) in [5.74, 6) is 0.230. The number of ketones is 2. The second-order valence-corrected chi connectivity index (χ2v) is 3.47. The lowest BCUT2D eigenvalue weighted by Crippen LogP contribution is -2.19. The predicted octanol–water partition coefficient (Wildman–Crippen LogP) is 2.11. The molecule has 2 nitrogen and oxygen atoms in total. The third kappa shape index (κ3) is 1.04. The van der Waals surface area contributed by atoms with Gasteiger partial charge in [0.05, 0.1) is 11.1 Å². The van der Waals surface area contributed by atoms with Crippen molar-refractivity contribution in [3.8, 4) is 0 Å². The van der Waals surface area contributed by atoms with Crippen LogP contribution in [0.2, 0.25) is 0 Å². The Labute approximate surface area is 82.2 Å². The van der Waals surface area contributed by atoms with Gasteiger partial charge in [-0.1, -0.05) is 18.2 Å². The summed E-state index contributed by atoms with van der Waals surface area (Å²) in [5, 5.41) is 0. The Hall–Kier alpha value is -1.70. The Bertz CT molecular complexity index is 424. The van der Waals surface area contributed by atoms with Gasteiger partial charge in [-0.3, -0.25) is 9.59 Å². The van der Waals surface area contributed by atoms with Crippen molar-refractivity contribution in [2.75, 3.05) is 0 Å². The highest BCUT2D eigenvalue weighted by atomic mass is 16.1. The Morgan fingerprint density at radius 1 is 1.00 bits per heavy atom. The van der Waals surface area contributed by atoms with Crippen molar-refractivity contribution in [1.29, 1.82) is 0 Å². The minimum absolute atomic E-state index is 0.0101. The molecule has 0 saturated heterocycles. The van der Waals surface area contributed by atoms with Gasteiger partial charge in [-0.25, -0.2) is 0 Å².